The van der Waals surface area contributed by atoms with Gasteiger partial charge in [-0.2, -0.15) is 0 Å². The van der Waals surface area contributed by atoms with Crippen molar-refractivity contribution in [2.75, 3.05) is 23.3 Å². The number of hydrogen-bond acceptors (Lipinski definition) is 9. The average Bonchev–Trinajstić information content (AvgIpc) is 3.51. The summed E-state index contributed by atoms with van der Waals surface area (Å²) in [5, 5.41) is 10.4. The van der Waals surface area contributed by atoms with E-state index in [1.807, 2.05) is 40.5 Å². The van der Waals surface area contributed by atoms with E-state index in [0.717, 1.165) is 24.6 Å². The first-order valence-corrected chi connectivity index (χ1v) is 13.0. The highest BCUT2D eigenvalue weighted by Crippen LogP contribution is 2.31. The van der Waals surface area contributed by atoms with E-state index in [-0.39, 0.29) is 5.91 Å². The molecule has 0 bridgehead atoms. The SMILES string of the molecule is Cc1cn2cc(NC(=O)c3cnc(N4C[C@@H](C)N[C@@H](C)C4)c4nccnc34)cc(Oc3ccsc3)c2n1. The van der Waals surface area contributed by atoms with Crippen molar-refractivity contribution in [1.29, 1.82) is 0 Å². The molecule has 2 N–H and O–H groups in total. The molecule has 11 heteroatoms. The van der Waals surface area contributed by atoms with Crippen molar-refractivity contribution in [3.63, 3.8) is 0 Å². The first kappa shape index (κ1) is 23.3. The summed E-state index contributed by atoms with van der Waals surface area (Å²) in [6, 6.07) is 4.29. The Labute approximate surface area is 217 Å². The van der Waals surface area contributed by atoms with E-state index >= 15 is 0 Å². The molecular weight excluding hydrogens is 488 g/mol. The quantitative estimate of drug-likeness (QED) is 0.358. The molecule has 0 spiro atoms. The van der Waals surface area contributed by atoms with Crippen LogP contribution in [0.5, 0.6) is 11.5 Å². The predicted molar refractivity (Wildman–Crippen MR) is 144 cm³/mol. The number of carbonyl (C=O) groups excluding carboxylic acids is 1. The van der Waals surface area contributed by atoms with Gasteiger partial charge in [0.15, 0.2) is 17.2 Å². The molecule has 0 radical (unpaired) electrons. The highest BCUT2D eigenvalue weighted by Gasteiger charge is 2.26. The third kappa shape index (κ3) is 4.58. The van der Waals surface area contributed by atoms with Crippen molar-refractivity contribution in [3.8, 4) is 11.5 Å². The maximum atomic E-state index is 13.5. The standard InChI is InChI=1S/C26H26N8O2S/c1-15-10-33(11-16(2)30-15)25-23-22(27-5-6-28-23)20(9-29-25)26(35)32-18-8-21(36-19-4-7-37-14-19)24-31-17(3)12-34(24)13-18/h4-9,12-16,30H,10-11H2,1-3H3,(H,32,35)/t15-,16+. The zero-order valence-corrected chi connectivity index (χ0v) is 21.5. The maximum absolute atomic E-state index is 13.5. The molecule has 1 aliphatic rings. The molecule has 1 amide bonds. The van der Waals surface area contributed by atoms with Gasteiger partial charge < -0.3 is 24.7 Å². The minimum atomic E-state index is -0.329. The van der Waals surface area contributed by atoms with E-state index in [0.29, 0.717) is 51.5 Å². The molecule has 1 saturated heterocycles. The molecule has 5 aromatic heterocycles. The number of amides is 1. The molecule has 6 heterocycles. The lowest BCUT2D eigenvalue weighted by Crippen LogP contribution is -2.54. The third-order valence-corrected chi connectivity index (χ3v) is 6.86. The Morgan fingerprint density at radius 2 is 1.92 bits per heavy atom. The van der Waals surface area contributed by atoms with Crippen LogP contribution >= 0.6 is 11.3 Å². The fourth-order valence-electron chi connectivity index (χ4n) is 4.81. The minimum Gasteiger partial charge on any atom is -0.452 e. The van der Waals surface area contributed by atoms with Crippen LogP contribution in [0.1, 0.15) is 29.9 Å². The van der Waals surface area contributed by atoms with Crippen LogP contribution < -0.4 is 20.3 Å². The molecule has 0 unspecified atom stereocenters. The number of piperazine rings is 1. The second-order valence-electron chi connectivity index (χ2n) is 9.34. The van der Waals surface area contributed by atoms with E-state index in [1.54, 1.807) is 36.0 Å². The molecule has 0 aromatic carbocycles. The van der Waals surface area contributed by atoms with Crippen molar-refractivity contribution >= 4 is 45.4 Å². The summed E-state index contributed by atoms with van der Waals surface area (Å²) in [7, 11) is 0. The molecular formula is C26H26N8O2S. The number of aromatic nitrogens is 5. The van der Waals surface area contributed by atoms with E-state index in [2.05, 4.69) is 49.3 Å². The van der Waals surface area contributed by atoms with Gasteiger partial charge in [-0.15, -0.1) is 11.3 Å². The van der Waals surface area contributed by atoms with Crippen LogP contribution in [0.25, 0.3) is 16.7 Å². The van der Waals surface area contributed by atoms with Crippen LogP contribution in [0.2, 0.25) is 0 Å². The summed E-state index contributed by atoms with van der Waals surface area (Å²) in [5.41, 5.74) is 3.55. The van der Waals surface area contributed by atoms with Gasteiger partial charge in [-0.1, -0.05) is 0 Å². The van der Waals surface area contributed by atoms with Gasteiger partial charge in [0.2, 0.25) is 0 Å². The molecule has 1 aliphatic heterocycles. The van der Waals surface area contributed by atoms with Crippen LogP contribution in [0.15, 0.2) is 53.9 Å². The number of nitrogens with one attached hydrogen (secondary N) is 2. The Morgan fingerprint density at radius 3 is 2.68 bits per heavy atom. The Kier molecular flexibility index (Phi) is 5.93. The molecule has 2 atom stereocenters. The Balaban J connectivity index is 1.34. The number of carbonyl (C=O) groups is 1. The lowest BCUT2D eigenvalue weighted by Gasteiger charge is -2.37. The average molecular weight is 515 g/mol. The van der Waals surface area contributed by atoms with Gasteiger partial charge in [-0.25, -0.2) is 15.0 Å². The predicted octanol–water partition coefficient (Wildman–Crippen LogP) is 4.27. The smallest absolute Gasteiger partial charge is 0.259 e. The van der Waals surface area contributed by atoms with Gasteiger partial charge in [0.1, 0.15) is 16.8 Å². The van der Waals surface area contributed by atoms with Crippen LogP contribution in [-0.4, -0.2) is 55.4 Å². The second-order valence-corrected chi connectivity index (χ2v) is 10.1. The number of imidazole rings is 1. The van der Waals surface area contributed by atoms with Gasteiger partial charge in [0, 0.05) is 67.6 Å². The van der Waals surface area contributed by atoms with Crippen molar-refractivity contribution in [2.45, 2.75) is 32.9 Å². The minimum absolute atomic E-state index is 0.312. The van der Waals surface area contributed by atoms with Crippen molar-refractivity contribution in [2.24, 2.45) is 0 Å². The molecule has 10 nitrogen and oxygen atoms in total. The number of thiophene rings is 1. The summed E-state index contributed by atoms with van der Waals surface area (Å²) in [6.07, 6.45) is 8.51. The molecule has 0 aliphatic carbocycles. The molecule has 5 aromatic rings. The number of hydrogen-bond donors (Lipinski definition) is 2. The lowest BCUT2D eigenvalue weighted by molar-refractivity contribution is 0.102. The Morgan fingerprint density at radius 1 is 1.14 bits per heavy atom. The van der Waals surface area contributed by atoms with Crippen molar-refractivity contribution < 1.29 is 9.53 Å². The third-order valence-electron chi connectivity index (χ3n) is 6.20. The number of pyridine rings is 2. The van der Waals surface area contributed by atoms with Gasteiger partial charge in [-0.05, 0) is 32.2 Å². The summed E-state index contributed by atoms with van der Waals surface area (Å²) >= 11 is 1.55. The van der Waals surface area contributed by atoms with E-state index in [9.17, 15) is 4.79 Å². The highest BCUT2D eigenvalue weighted by molar-refractivity contribution is 7.08. The van der Waals surface area contributed by atoms with Gasteiger partial charge >= 0.3 is 0 Å². The van der Waals surface area contributed by atoms with Crippen molar-refractivity contribution in [1.82, 2.24) is 29.7 Å². The topological polar surface area (TPSA) is 110 Å². The molecule has 37 heavy (non-hydrogen) atoms. The number of anilines is 2. The Hall–Kier alpha value is -4.09. The van der Waals surface area contributed by atoms with E-state index < -0.39 is 0 Å². The molecule has 188 valence electrons. The molecule has 6 rings (SSSR count). The Bertz CT molecular complexity index is 1590. The number of ether oxygens (including phenoxy) is 1. The lowest BCUT2D eigenvalue weighted by atomic mass is 10.1. The number of fused-ring (bicyclic) bond motifs is 2. The normalized spacial score (nSPS) is 17.9. The monoisotopic (exact) mass is 514 g/mol. The van der Waals surface area contributed by atoms with E-state index in [4.69, 9.17) is 4.74 Å². The number of nitrogens with zero attached hydrogens (tertiary/aromatic N) is 6. The van der Waals surface area contributed by atoms with E-state index in [1.165, 1.54) is 0 Å². The van der Waals surface area contributed by atoms with Crippen LogP contribution in [-0.2, 0) is 0 Å². The fourth-order valence-corrected chi connectivity index (χ4v) is 5.36. The first-order valence-electron chi connectivity index (χ1n) is 12.1. The molecule has 1 fully saturated rings. The summed E-state index contributed by atoms with van der Waals surface area (Å²) in [6.45, 7) is 7.80. The van der Waals surface area contributed by atoms with Crippen LogP contribution in [0, 0.1) is 6.92 Å². The first-order chi connectivity index (χ1) is 17.9. The molecule has 0 saturated carbocycles. The zero-order chi connectivity index (χ0) is 25.5. The number of aryl methyl sites for hydroxylation is 1. The van der Waals surface area contributed by atoms with Crippen molar-refractivity contribution in [3.05, 3.63) is 65.1 Å². The van der Waals surface area contributed by atoms with Gasteiger partial charge in [-0.3, -0.25) is 9.78 Å². The van der Waals surface area contributed by atoms with Gasteiger partial charge in [0.05, 0.1) is 16.9 Å². The summed E-state index contributed by atoms with van der Waals surface area (Å²) < 4.78 is 7.92. The fraction of sp³-hybridized carbons (Fsp3) is 0.269. The maximum Gasteiger partial charge on any atom is 0.259 e. The zero-order valence-electron chi connectivity index (χ0n) is 20.7. The summed E-state index contributed by atoms with van der Waals surface area (Å²) in [4.78, 5) is 34.0. The largest absolute Gasteiger partial charge is 0.452 e. The van der Waals surface area contributed by atoms with Gasteiger partial charge in [0.25, 0.3) is 5.91 Å². The number of rotatable bonds is 5. The highest BCUT2D eigenvalue weighted by atomic mass is 32.1. The van der Waals surface area contributed by atoms with Crippen LogP contribution in [0.4, 0.5) is 11.5 Å². The summed E-state index contributed by atoms with van der Waals surface area (Å²) in [5.74, 6) is 1.67. The second kappa shape index (κ2) is 9.41. The van der Waals surface area contributed by atoms with Crippen LogP contribution in [0.3, 0.4) is 0 Å².